The summed E-state index contributed by atoms with van der Waals surface area (Å²) < 4.78 is 8.72. The van der Waals surface area contributed by atoms with Crippen molar-refractivity contribution in [1.82, 2.24) is 19.6 Å². The van der Waals surface area contributed by atoms with Crippen molar-refractivity contribution in [2.75, 3.05) is 5.32 Å². The summed E-state index contributed by atoms with van der Waals surface area (Å²) in [6.45, 7) is 6.16. The number of aryl methyl sites for hydroxylation is 2. The summed E-state index contributed by atoms with van der Waals surface area (Å²) in [5.41, 5.74) is 2.64. The highest BCUT2D eigenvalue weighted by Crippen LogP contribution is 2.19. The topological polar surface area (TPSA) is 117 Å². The van der Waals surface area contributed by atoms with E-state index in [1.807, 2.05) is 32.0 Å². The molecule has 1 aromatic carbocycles. The van der Waals surface area contributed by atoms with Crippen molar-refractivity contribution < 1.29 is 14.5 Å². The molecule has 10 nitrogen and oxygen atoms in total. The number of rotatable bonds is 8. The van der Waals surface area contributed by atoms with Gasteiger partial charge < -0.3 is 10.1 Å². The second-order valence-electron chi connectivity index (χ2n) is 6.88. The van der Waals surface area contributed by atoms with Crippen LogP contribution >= 0.6 is 0 Å². The van der Waals surface area contributed by atoms with Crippen LogP contribution in [0.3, 0.4) is 0 Å². The van der Waals surface area contributed by atoms with Gasteiger partial charge in [-0.25, -0.2) is 4.68 Å². The molecule has 0 spiro atoms. The van der Waals surface area contributed by atoms with Crippen LogP contribution in [0.2, 0.25) is 0 Å². The fraction of sp³-hybridized carbons (Fsp3) is 0.316. The minimum atomic E-state index is -0.525. The molecule has 1 unspecified atom stereocenters. The van der Waals surface area contributed by atoms with Crippen molar-refractivity contribution in [2.24, 2.45) is 5.92 Å². The van der Waals surface area contributed by atoms with E-state index in [2.05, 4.69) is 15.5 Å². The fourth-order valence-corrected chi connectivity index (χ4v) is 2.77. The maximum atomic E-state index is 12.4. The Morgan fingerprint density at radius 1 is 1.24 bits per heavy atom. The summed E-state index contributed by atoms with van der Waals surface area (Å²) in [6, 6.07) is 5.94. The van der Waals surface area contributed by atoms with Crippen molar-refractivity contribution in [3.63, 3.8) is 0 Å². The van der Waals surface area contributed by atoms with E-state index in [0.29, 0.717) is 5.69 Å². The lowest BCUT2D eigenvalue weighted by Crippen LogP contribution is -2.24. The number of nitrogens with zero attached hydrogens (tertiary/aromatic N) is 5. The zero-order valence-electron chi connectivity index (χ0n) is 16.4. The minimum absolute atomic E-state index is 0.109. The number of hydrogen-bond donors (Lipinski definition) is 1. The number of hydrogen-bond acceptors (Lipinski definition) is 6. The number of amides is 1. The first kappa shape index (κ1) is 20.1. The Balaban J connectivity index is 1.53. The van der Waals surface area contributed by atoms with Crippen molar-refractivity contribution in [3.8, 4) is 5.75 Å². The molecule has 0 aliphatic rings. The van der Waals surface area contributed by atoms with E-state index in [1.165, 1.54) is 17.1 Å². The van der Waals surface area contributed by atoms with Crippen LogP contribution in [-0.2, 0) is 18.1 Å². The lowest BCUT2D eigenvalue weighted by Gasteiger charge is -2.11. The molecule has 1 atom stereocenters. The molecule has 1 amide bonds. The number of carbonyl (C=O) groups is 1. The van der Waals surface area contributed by atoms with E-state index in [9.17, 15) is 14.9 Å². The SMILES string of the molecule is Cc1ccc(OCn2cc(NC(=O)C(C)Cn3cc([N+](=O)[O-])cn3)cn2)c(C)c1. The molecule has 0 bridgehead atoms. The molecule has 0 aliphatic heterocycles. The Morgan fingerprint density at radius 3 is 2.69 bits per heavy atom. The molecule has 29 heavy (non-hydrogen) atoms. The highest BCUT2D eigenvalue weighted by molar-refractivity contribution is 5.91. The maximum absolute atomic E-state index is 12.4. The summed E-state index contributed by atoms with van der Waals surface area (Å²) in [5.74, 6) is 0.0981. The van der Waals surface area contributed by atoms with E-state index < -0.39 is 10.8 Å². The molecule has 0 aliphatic carbocycles. The standard InChI is InChI=1S/C19H22N6O4/c1-13-4-5-18(14(2)6-13)29-12-24-10-16(7-20-24)22-19(26)15(3)9-23-11-17(8-21-23)25(27)28/h4-8,10-11,15H,9,12H2,1-3H3,(H,22,26). The molecule has 0 radical (unpaired) electrons. The number of nitro groups is 1. The molecule has 3 rings (SSSR count). The van der Waals surface area contributed by atoms with Crippen molar-refractivity contribution in [1.29, 1.82) is 0 Å². The summed E-state index contributed by atoms with van der Waals surface area (Å²) in [7, 11) is 0. The first-order chi connectivity index (χ1) is 13.8. The van der Waals surface area contributed by atoms with Crippen molar-refractivity contribution >= 4 is 17.3 Å². The molecule has 2 aromatic heterocycles. The Morgan fingerprint density at radius 2 is 2.00 bits per heavy atom. The van der Waals surface area contributed by atoms with Crippen LogP contribution in [0.4, 0.5) is 11.4 Å². The largest absolute Gasteiger partial charge is 0.471 e. The summed E-state index contributed by atoms with van der Waals surface area (Å²) in [5, 5.41) is 21.6. The second-order valence-corrected chi connectivity index (χ2v) is 6.88. The number of nitrogens with one attached hydrogen (secondary N) is 1. The smallest absolute Gasteiger partial charge is 0.306 e. The molecule has 0 saturated heterocycles. The summed E-state index contributed by atoms with van der Waals surface area (Å²) in [6.07, 6.45) is 5.66. The van der Waals surface area contributed by atoms with Crippen LogP contribution in [0, 0.1) is 29.9 Å². The van der Waals surface area contributed by atoms with Gasteiger partial charge in [-0.2, -0.15) is 10.2 Å². The average Bonchev–Trinajstić information content (AvgIpc) is 3.30. The third kappa shape index (κ3) is 5.18. The van der Waals surface area contributed by atoms with Crippen LogP contribution in [0.1, 0.15) is 18.1 Å². The van der Waals surface area contributed by atoms with E-state index >= 15 is 0 Å². The Labute approximate surface area is 167 Å². The van der Waals surface area contributed by atoms with Gasteiger partial charge in [0, 0.05) is 0 Å². The molecule has 152 valence electrons. The molecular weight excluding hydrogens is 376 g/mol. The fourth-order valence-electron chi connectivity index (χ4n) is 2.77. The molecule has 3 aromatic rings. The van der Waals surface area contributed by atoms with Gasteiger partial charge >= 0.3 is 5.69 Å². The molecule has 10 heteroatoms. The predicted octanol–water partition coefficient (Wildman–Crippen LogP) is 2.92. The van der Waals surface area contributed by atoms with Crippen LogP contribution in [0.15, 0.2) is 43.0 Å². The number of aromatic nitrogens is 4. The molecule has 0 fully saturated rings. The van der Waals surface area contributed by atoms with Gasteiger partial charge in [-0.3, -0.25) is 19.6 Å². The number of ether oxygens (including phenoxy) is 1. The number of benzene rings is 1. The Hall–Kier alpha value is -3.69. The van der Waals surface area contributed by atoms with Gasteiger partial charge in [0.1, 0.15) is 18.1 Å². The molecule has 0 saturated carbocycles. The van der Waals surface area contributed by atoms with Gasteiger partial charge in [0.25, 0.3) is 0 Å². The summed E-state index contributed by atoms with van der Waals surface area (Å²) >= 11 is 0. The third-order valence-electron chi connectivity index (χ3n) is 4.32. The molecular formula is C19H22N6O4. The highest BCUT2D eigenvalue weighted by atomic mass is 16.6. The Bertz CT molecular complexity index is 1030. The second kappa shape index (κ2) is 8.55. The van der Waals surface area contributed by atoms with Crippen molar-refractivity contribution in [2.45, 2.75) is 34.0 Å². The summed E-state index contributed by atoms with van der Waals surface area (Å²) in [4.78, 5) is 22.6. The monoisotopic (exact) mass is 398 g/mol. The first-order valence-electron chi connectivity index (χ1n) is 9.02. The van der Waals surface area contributed by atoms with Gasteiger partial charge in [0.05, 0.1) is 35.5 Å². The molecule has 2 heterocycles. The zero-order chi connectivity index (χ0) is 21.0. The number of carbonyl (C=O) groups excluding carboxylic acids is 1. The third-order valence-corrected chi connectivity index (χ3v) is 4.32. The van der Waals surface area contributed by atoms with E-state index in [4.69, 9.17) is 4.74 Å². The zero-order valence-corrected chi connectivity index (χ0v) is 16.4. The van der Waals surface area contributed by atoms with Crippen LogP contribution in [0.25, 0.3) is 0 Å². The highest BCUT2D eigenvalue weighted by Gasteiger charge is 2.17. The number of anilines is 1. The minimum Gasteiger partial charge on any atom is -0.471 e. The predicted molar refractivity (Wildman–Crippen MR) is 105 cm³/mol. The lowest BCUT2D eigenvalue weighted by atomic mass is 10.1. The average molecular weight is 398 g/mol. The van der Waals surface area contributed by atoms with Gasteiger partial charge in [-0.15, -0.1) is 0 Å². The van der Waals surface area contributed by atoms with E-state index in [-0.39, 0.29) is 24.9 Å². The quantitative estimate of drug-likeness (QED) is 0.460. The van der Waals surface area contributed by atoms with Gasteiger partial charge in [-0.1, -0.05) is 24.6 Å². The van der Waals surface area contributed by atoms with Gasteiger partial charge in [0.15, 0.2) is 6.73 Å². The van der Waals surface area contributed by atoms with Crippen LogP contribution in [-0.4, -0.2) is 30.4 Å². The van der Waals surface area contributed by atoms with Crippen molar-refractivity contribution in [3.05, 3.63) is 64.2 Å². The van der Waals surface area contributed by atoms with E-state index in [1.54, 1.807) is 17.8 Å². The normalized spacial score (nSPS) is 11.8. The van der Waals surface area contributed by atoms with E-state index in [0.717, 1.165) is 23.1 Å². The molecule has 1 N–H and O–H groups in total. The lowest BCUT2D eigenvalue weighted by molar-refractivity contribution is -0.385. The van der Waals surface area contributed by atoms with Gasteiger partial charge in [-0.05, 0) is 25.5 Å². The van der Waals surface area contributed by atoms with Gasteiger partial charge in [0.2, 0.25) is 5.91 Å². The first-order valence-corrected chi connectivity index (χ1v) is 9.02. The maximum Gasteiger partial charge on any atom is 0.306 e. The Kier molecular flexibility index (Phi) is 5.91. The van der Waals surface area contributed by atoms with Crippen LogP contribution in [0.5, 0.6) is 5.75 Å². The van der Waals surface area contributed by atoms with Crippen LogP contribution < -0.4 is 10.1 Å².